The number of ether oxygens (including phenoxy) is 3. The van der Waals surface area contributed by atoms with Gasteiger partial charge < -0.3 is 19.3 Å². The van der Waals surface area contributed by atoms with Crippen molar-refractivity contribution in [2.24, 2.45) is 0 Å². The van der Waals surface area contributed by atoms with E-state index in [0.29, 0.717) is 24.3 Å². The van der Waals surface area contributed by atoms with Gasteiger partial charge in [-0.05, 0) is 47.7 Å². The molecule has 0 aliphatic carbocycles. The predicted octanol–water partition coefficient (Wildman–Crippen LogP) is 5.51. The molecule has 0 aliphatic rings. The second-order valence-electron chi connectivity index (χ2n) is 7.05. The van der Waals surface area contributed by atoms with Gasteiger partial charge in [0.2, 0.25) is 5.88 Å². The summed E-state index contributed by atoms with van der Waals surface area (Å²) in [6.07, 6.45) is 3.00. The summed E-state index contributed by atoms with van der Waals surface area (Å²) in [7, 11) is 4.85. The minimum Gasteiger partial charge on any atom is -0.497 e. The van der Waals surface area contributed by atoms with Crippen LogP contribution in [-0.2, 0) is 12.8 Å². The van der Waals surface area contributed by atoms with Gasteiger partial charge in [-0.25, -0.2) is 4.98 Å². The average Bonchev–Trinajstić information content (AvgIpc) is 2.79. The van der Waals surface area contributed by atoms with Gasteiger partial charge in [0.05, 0.1) is 32.5 Å². The summed E-state index contributed by atoms with van der Waals surface area (Å²) >= 11 is 0. The Kier molecular flexibility index (Phi) is 8.36. The van der Waals surface area contributed by atoms with E-state index < -0.39 is 0 Å². The Morgan fingerprint density at radius 3 is 2.19 bits per heavy atom. The van der Waals surface area contributed by atoms with Crippen molar-refractivity contribution in [2.75, 3.05) is 21.3 Å². The van der Waals surface area contributed by atoms with Crippen LogP contribution in [0.4, 0.5) is 0 Å². The smallest absolute Gasteiger partial charge is 0.215 e. The Balaban J connectivity index is 0.00000181. The molecule has 2 heterocycles. The third kappa shape index (κ3) is 4.61. The topological polar surface area (TPSA) is 73.7 Å². The van der Waals surface area contributed by atoms with Crippen LogP contribution in [0.25, 0.3) is 21.7 Å². The van der Waals surface area contributed by atoms with Crippen molar-refractivity contribution in [1.82, 2.24) is 9.97 Å². The van der Waals surface area contributed by atoms with E-state index in [4.69, 9.17) is 14.2 Å². The molecule has 4 aromatic rings. The number of hydrogen-bond donors (Lipinski definition) is 1. The summed E-state index contributed by atoms with van der Waals surface area (Å²) in [5, 5.41) is 13.6. The molecule has 0 atom stereocenters. The molecule has 0 amide bonds. The lowest BCUT2D eigenvalue weighted by molar-refractivity contribution is 0.355. The Labute approximate surface area is 199 Å². The Hall–Kier alpha value is -2.96. The van der Waals surface area contributed by atoms with E-state index in [1.165, 1.54) is 0 Å². The lowest BCUT2D eigenvalue weighted by Gasteiger charge is -2.15. The molecule has 4 rings (SSSR count). The van der Waals surface area contributed by atoms with Crippen molar-refractivity contribution in [3.05, 3.63) is 59.4 Å². The van der Waals surface area contributed by atoms with Crippen molar-refractivity contribution >= 4 is 46.5 Å². The Morgan fingerprint density at radius 1 is 0.875 bits per heavy atom. The summed E-state index contributed by atoms with van der Waals surface area (Å²) in [5.74, 6) is 2.05. The zero-order valence-corrected chi connectivity index (χ0v) is 20.0. The minimum absolute atomic E-state index is 0. The van der Waals surface area contributed by atoms with E-state index in [1.54, 1.807) is 21.3 Å². The summed E-state index contributed by atoms with van der Waals surface area (Å²) in [6.45, 7) is 2.01. The number of hydrogen-bond acceptors (Lipinski definition) is 6. The maximum atomic E-state index is 10.7. The summed E-state index contributed by atoms with van der Waals surface area (Å²) in [6, 6.07) is 11.7. The van der Waals surface area contributed by atoms with Gasteiger partial charge in [-0.3, -0.25) is 4.98 Å². The molecule has 0 saturated carbocycles. The van der Waals surface area contributed by atoms with E-state index in [0.717, 1.165) is 44.2 Å². The van der Waals surface area contributed by atoms with E-state index >= 15 is 0 Å². The first kappa shape index (κ1) is 25.3. The molecule has 8 heteroatoms. The number of fused-ring (bicyclic) bond motifs is 2. The quantitative estimate of drug-likeness (QED) is 0.395. The number of pyridine rings is 2. The van der Waals surface area contributed by atoms with Crippen LogP contribution >= 0.6 is 24.8 Å². The maximum Gasteiger partial charge on any atom is 0.215 e. The van der Waals surface area contributed by atoms with Crippen molar-refractivity contribution in [2.45, 2.75) is 19.8 Å². The highest BCUT2D eigenvalue weighted by atomic mass is 35.5. The molecule has 0 radical (unpaired) electrons. The van der Waals surface area contributed by atoms with Crippen molar-refractivity contribution in [3.63, 3.8) is 0 Å². The SMILES string of the molecule is CCc1nc(O)c(Cc2cnc3cc(OC)ccc3c2)c2cc(OC)c(OC)cc12.Cl.Cl. The van der Waals surface area contributed by atoms with Crippen LogP contribution in [0.1, 0.15) is 23.7 Å². The molecule has 170 valence electrons. The van der Waals surface area contributed by atoms with Crippen molar-refractivity contribution in [1.29, 1.82) is 0 Å². The van der Waals surface area contributed by atoms with Gasteiger partial charge in [0, 0.05) is 35.0 Å². The summed E-state index contributed by atoms with van der Waals surface area (Å²) < 4.78 is 16.2. The highest BCUT2D eigenvalue weighted by Crippen LogP contribution is 2.38. The second-order valence-corrected chi connectivity index (χ2v) is 7.05. The largest absolute Gasteiger partial charge is 0.497 e. The standard InChI is InChI=1S/C24H24N2O4.2ClH/c1-5-20-18-12-23(30-4)22(29-3)11-17(18)19(24(27)26-20)9-14-8-15-6-7-16(28-2)10-21(15)25-13-14;;/h6-8,10-13H,5,9H2,1-4H3,(H,26,27);2*1H. The molecule has 0 aliphatic heterocycles. The first-order chi connectivity index (χ1) is 14.6. The molecule has 0 saturated heterocycles. The summed E-state index contributed by atoms with van der Waals surface area (Å²) in [4.78, 5) is 9.02. The molecule has 0 fully saturated rings. The van der Waals surface area contributed by atoms with Gasteiger partial charge in [-0.2, -0.15) is 0 Å². The average molecular weight is 477 g/mol. The first-order valence-electron chi connectivity index (χ1n) is 9.77. The molecule has 0 spiro atoms. The van der Waals surface area contributed by atoms with Crippen LogP contribution in [-0.4, -0.2) is 36.4 Å². The highest BCUT2D eigenvalue weighted by molar-refractivity contribution is 5.92. The maximum absolute atomic E-state index is 10.7. The van der Waals surface area contributed by atoms with Crippen molar-refractivity contribution in [3.8, 4) is 23.1 Å². The molecule has 2 aromatic carbocycles. The molecule has 6 nitrogen and oxygen atoms in total. The molecule has 1 N–H and O–H groups in total. The molecule has 32 heavy (non-hydrogen) atoms. The monoisotopic (exact) mass is 476 g/mol. The van der Waals surface area contributed by atoms with Gasteiger partial charge in [-0.1, -0.05) is 6.92 Å². The van der Waals surface area contributed by atoms with Crippen LogP contribution in [0.3, 0.4) is 0 Å². The van der Waals surface area contributed by atoms with Crippen LogP contribution in [0.5, 0.6) is 23.1 Å². The Bertz CT molecular complexity index is 1250. The van der Waals surface area contributed by atoms with E-state index in [1.807, 2.05) is 43.5 Å². The Morgan fingerprint density at radius 2 is 1.56 bits per heavy atom. The zero-order chi connectivity index (χ0) is 21.3. The molecule has 0 bridgehead atoms. The van der Waals surface area contributed by atoms with Crippen LogP contribution < -0.4 is 14.2 Å². The number of benzene rings is 2. The van der Waals surface area contributed by atoms with Gasteiger partial charge in [0.25, 0.3) is 0 Å². The summed E-state index contributed by atoms with van der Waals surface area (Å²) in [5.41, 5.74) is 3.39. The lowest BCUT2D eigenvalue weighted by Crippen LogP contribution is -2.00. The highest BCUT2D eigenvalue weighted by Gasteiger charge is 2.17. The lowest BCUT2D eigenvalue weighted by atomic mass is 9.97. The van der Waals surface area contributed by atoms with Crippen LogP contribution in [0.2, 0.25) is 0 Å². The van der Waals surface area contributed by atoms with Crippen LogP contribution in [0.15, 0.2) is 42.6 Å². The number of aromatic nitrogens is 2. The van der Waals surface area contributed by atoms with Crippen molar-refractivity contribution < 1.29 is 19.3 Å². The fraction of sp³-hybridized carbons (Fsp3) is 0.250. The number of methoxy groups -OCH3 is 3. The minimum atomic E-state index is 0. The first-order valence-corrected chi connectivity index (χ1v) is 9.77. The van der Waals surface area contributed by atoms with Gasteiger partial charge in [0.15, 0.2) is 11.5 Å². The zero-order valence-electron chi connectivity index (χ0n) is 18.3. The number of nitrogens with zero attached hydrogens (tertiary/aromatic N) is 2. The molecule has 2 aromatic heterocycles. The van der Waals surface area contributed by atoms with Gasteiger partial charge in [-0.15, -0.1) is 24.8 Å². The normalized spacial score (nSPS) is 10.4. The third-order valence-electron chi connectivity index (χ3n) is 5.33. The molecular weight excluding hydrogens is 451 g/mol. The van der Waals surface area contributed by atoms with E-state index in [9.17, 15) is 5.11 Å². The van der Waals surface area contributed by atoms with E-state index in [-0.39, 0.29) is 30.7 Å². The predicted molar refractivity (Wildman–Crippen MR) is 131 cm³/mol. The number of halogens is 2. The number of aryl methyl sites for hydroxylation is 1. The fourth-order valence-corrected chi connectivity index (χ4v) is 3.76. The van der Waals surface area contributed by atoms with Crippen LogP contribution in [0, 0.1) is 0 Å². The third-order valence-corrected chi connectivity index (χ3v) is 5.33. The molecule has 0 unspecified atom stereocenters. The van der Waals surface area contributed by atoms with E-state index in [2.05, 4.69) is 16.0 Å². The van der Waals surface area contributed by atoms with Gasteiger partial charge >= 0.3 is 0 Å². The fourth-order valence-electron chi connectivity index (χ4n) is 3.76. The molecular formula is C24H26Cl2N2O4. The number of rotatable bonds is 6. The second kappa shape index (κ2) is 10.6. The number of aromatic hydroxyl groups is 1. The van der Waals surface area contributed by atoms with Gasteiger partial charge in [0.1, 0.15) is 5.75 Å².